The van der Waals surface area contributed by atoms with Crippen LogP contribution in [0, 0.1) is 0 Å². The molecular formula is C15H23N3. The van der Waals surface area contributed by atoms with E-state index >= 15 is 0 Å². The van der Waals surface area contributed by atoms with Gasteiger partial charge in [0, 0.05) is 36.6 Å². The van der Waals surface area contributed by atoms with E-state index in [0.29, 0.717) is 12.1 Å². The van der Waals surface area contributed by atoms with Crippen molar-refractivity contribution in [2.75, 3.05) is 7.05 Å². The Labute approximate surface area is 110 Å². The number of pyridine rings is 1. The number of nitrogens with one attached hydrogen (secondary N) is 1. The summed E-state index contributed by atoms with van der Waals surface area (Å²) < 4.78 is 0. The fourth-order valence-corrected chi connectivity index (χ4v) is 3.63. The smallest absolute Gasteiger partial charge is 0.0315 e. The lowest BCUT2D eigenvalue weighted by Gasteiger charge is -2.38. The molecule has 0 amide bonds. The van der Waals surface area contributed by atoms with Crippen molar-refractivity contribution >= 4 is 0 Å². The zero-order valence-electron chi connectivity index (χ0n) is 11.3. The molecule has 3 heteroatoms. The maximum Gasteiger partial charge on any atom is 0.0315 e. The van der Waals surface area contributed by atoms with E-state index < -0.39 is 0 Å². The number of aromatic nitrogens is 1. The first kappa shape index (κ1) is 12.1. The maximum absolute atomic E-state index is 4.20. The third kappa shape index (κ3) is 2.29. The van der Waals surface area contributed by atoms with Crippen molar-refractivity contribution in [1.82, 2.24) is 15.2 Å². The molecule has 1 aromatic heterocycles. The Kier molecular flexibility index (Phi) is 3.35. The molecule has 0 aromatic carbocycles. The quantitative estimate of drug-likeness (QED) is 0.886. The topological polar surface area (TPSA) is 28.2 Å². The highest BCUT2D eigenvalue weighted by Crippen LogP contribution is 2.34. The standard InChI is InChI=1S/C15H23N3/c1-11(12-4-3-7-16-10-12)17-13-8-14-5-6-15(9-13)18(14)2/h3-4,7,10-11,13-15,17H,5-6,8-9H2,1-2H3. The number of hydrogen-bond donors (Lipinski definition) is 1. The van der Waals surface area contributed by atoms with Crippen molar-refractivity contribution in [1.29, 1.82) is 0 Å². The van der Waals surface area contributed by atoms with Crippen LogP contribution in [-0.2, 0) is 0 Å². The van der Waals surface area contributed by atoms with Crippen LogP contribution in [0.1, 0.15) is 44.2 Å². The molecule has 1 aromatic rings. The van der Waals surface area contributed by atoms with E-state index in [2.05, 4.69) is 35.2 Å². The van der Waals surface area contributed by atoms with Gasteiger partial charge in [-0.05, 0) is 51.3 Å². The van der Waals surface area contributed by atoms with E-state index in [-0.39, 0.29) is 0 Å². The molecule has 2 fully saturated rings. The second-order valence-corrected chi connectivity index (χ2v) is 5.89. The number of hydrogen-bond acceptors (Lipinski definition) is 3. The van der Waals surface area contributed by atoms with Crippen LogP contribution in [0.5, 0.6) is 0 Å². The van der Waals surface area contributed by atoms with Gasteiger partial charge < -0.3 is 10.2 Å². The fourth-order valence-electron chi connectivity index (χ4n) is 3.63. The lowest BCUT2D eigenvalue weighted by molar-refractivity contribution is 0.144. The molecule has 3 rings (SSSR count). The molecule has 0 radical (unpaired) electrons. The van der Waals surface area contributed by atoms with Gasteiger partial charge in [0.05, 0.1) is 0 Å². The van der Waals surface area contributed by atoms with Crippen molar-refractivity contribution in [3.05, 3.63) is 30.1 Å². The second-order valence-electron chi connectivity index (χ2n) is 5.89. The number of nitrogens with zero attached hydrogens (tertiary/aromatic N) is 2. The van der Waals surface area contributed by atoms with Crippen LogP contribution < -0.4 is 5.32 Å². The Bertz CT molecular complexity index is 378. The summed E-state index contributed by atoms with van der Waals surface area (Å²) in [5, 5.41) is 3.79. The van der Waals surface area contributed by atoms with Gasteiger partial charge in [0.2, 0.25) is 0 Å². The van der Waals surface area contributed by atoms with E-state index in [1.165, 1.54) is 31.2 Å². The van der Waals surface area contributed by atoms with Crippen LogP contribution in [0.4, 0.5) is 0 Å². The minimum absolute atomic E-state index is 0.409. The summed E-state index contributed by atoms with van der Waals surface area (Å²) >= 11 is 0. The Morgan fingerprint density at radius 3 is 2.67 bits per heavy atom. The van der Waals surface area contributed by atoms with Gasteiger partial charge in [-0.15, -0.1) is 0 Å². The summed E-state index contributed by atoms with van der Waals surface area (Å²) in [5.74, 6) is 0. The summed E-state index contributed by atoms with van der Waals surface area (Å²) in [6.07, 6.45) is 9.20. The third-order valence-corrected chi connectivity index (χ3v) is 4.77. The predicted molar refractivity (Wildman–Crippen MR) is 73.4 cm³/mol. The highest BCUT2D eigenvalue weighted by atomic mass is 15.2. The molecule has 3 heterocycles. The lowest BCUT2D eigenvalue weighted by Crippen LogP contribution is -2.47. The number of piperidine rings is 1. The summed E-state index contributed by atoms with van der Waals surface area (Å²) in [7, 11) is 2.29. The first-order valence-electron chi connectivity index (χ1n) is 7.12. The fraction of sp³-hybridized carbons (Fsp3) is 0.667. The predicted octanol–water partition coefficient (Wildman–Crippen LogP) is 2.36. The lowest BCUT2D eigenvalue weighted by atomic mass is 9.96. The molecule has 1 N–H and O–H groups in total. The van der Waals surface area contributed by atoms with Crippen LogP contribution >= 0.6 is 0 Å². The van der Waals surface area contributed by atoms with Crippen LogP contribution in [-0.4, -0.2) is 35.1 Å². The molecule has 3 nitrogen and oxygen atoms in total. The van der Waals surface area contributed by atoms with Gasteiger partial charge in [0.15, 0.2) is 0 Å². The first-order valence-corrected chi connectivity index (χ1v) is 7.12. The minimum atomic E-state index is 0.409. The van der Waals surface area contributed by atoms with E-state index in [0.717, 1.165) is 12.1 Å². The van der Waals surface area contributed by atoms with Gasteiger partial charge in [-0.1, -0.05) is 6.07 Å². The first-order chi connectivity index (χ1) is 8.74. The van der Waals surface area contributed by atoms with Gasteiger partial charge in [-0.25, -0.2) is 0 Å². The second kappa shape index (κ2) is 4.98. The van der Waals surface area contributed by atoms with Crippen LogP contribution in [0.2, 0.25) is 0 Å². The number of fused-ring (bicyclic) bond motifs is 2. The molecule has 3 atom stereocenters. The van der Waals surface area contributed by atoms with Crippen molar-refractivity contribution in [3.63, 3.8) is 0 Å². The average molecular weight is 245 g/mol. The van der Waals surface area contributed by atoms with E-state index in [1.807, 2.05) is 18.5 Å². The van der Waals surface area contributed by atoms with Crippen molar-refractivity contribution < 1.29 is 0 Å². The van der Waals surface area contributed by atoms with Crippen molar-refractivity contribution in [3.8, 4) is 0 Å². The maximum atomic E-state index is 4.20. The van der Waals surface area contributed by atoms with Gasteiger partial charge in [-0.3, -0.25) is 4.98 Å². The zero-order chi connectivity index (χ0) is 12.5. The molecular weight excluding hydrogens is 222 g/mol. The van der Waals surface area contributed by atoms with Crippen LogP contribution in [0.3, 0.4) is 0 Å². The molecule has 2 bridgehead atoms. The summed E-state index contributed by atoms with van der Waals surface area (Å²) in [6, 6.07) is 6.88. The van der Waals surface area contributed by atoms with Crippen molar-refractivity contribution in [2.24, 2.45) is 0 Å². The Balaban J connectivity index is 1.61. The van der Waals surface area contributed by atoms with E-state index in [9.17, 15) is 0 Å². The zero-order valence-corrected chi connectivity index (χ0v) is 11.3. The monoisotopic (exact) mass is 245 g/mol. The average Bonchev–Trinajstić information content (AvgIpc) is 2.63. The molecule has 98 valence electrons. The highest BCUT2D eigenvalue weighted by molar-refractivity contribution is 5.13. The third-order valence-electron chi connectivity index (χ3n) is 4.77. The molecule has 0 aliphatic carbocycles. The SMILES string of the molecule is CC(NC1CC2CCC(C1)N2C)c1cccnc1. The van der Waals surface area contributed by atoms with Crippen LogP contribution in [0.25, 0.3) is 0 Å². The molecule has 2 saturated heterocycles. The minimum Gasteiger partial charge on any atom is -0.307 e. The number of rotatable bonds is 3. The Hall–Kier alpha value is -0.930. The molecule has 0 spiro atoms. The summed E-state index contributed by atoms with van der Waals surface area (Å²) in [6.45, 7) is 2.25. The van der Waals surface area contributed by atoms with Crippen LogP contribution in [0.15, 0.2) is 24.5 Å². The van der Waals surface area contributed by atoms with Gasteiger partial charge in [-0.2, -0.15) is 0 Å². The highest BCUT2D eigenvalue weighted by Gasteiger charge is 2.38. The summed E-state index contributed by atoms with van der Waals surface area (Å²) in [4.78, 5) is 6.80. The van der Waals surface area contributed by atoms with Gasteiger partial charge in [0.1, 0.15) is 0 Å². The molecule has 0 saturated carbocycles. The van der Waals surface area contributed by atoms with E-state index in [4.69, 9.17) is 0 Å². The molecule has 2 aliphatic rings. The molecule has 18 heavy (non-hydrogen) atoms. The Morgan fingerprint density at radius 2 is 2.06 bits per heavy atom. The Morgan fingerprint density at radius 1 is 1.33 bits per heavy atom. The molecule has 2 aliphatic heterocycles. The van der Waals surface area contributed by atoms with Gasteiger partial charge in [0.25, 0.3) is 0 Å². The van der Waals surface area contributed by atoms with Crippen molar-refractivity contribution in [2.45, 2.75) is 56.8 Å². The summed E-state index contributed by atoms with van der Waals surface area (Å²) in [5.41, 5.74) is 1.30. The van der Waals surface area contributed by atoms with E-state index in [1.54, 1.807) is 0 Å². The molecule has 3 unspecified atom stereocenters. The van der Waals surface area contributed by atoms with Gasteiger partial charge >= 0.3 is 0 Å². The largest absolute Gasteiger partial charge is 0.307 e. The normalized spacial score (nSPS) is 33.6.